The summed E-state index contributed by atoms with van der Waals surface area (Å²) < 4.78 is 45.9. The van der Waals surface area contributed by atoms with Gasteiger partial charge in [-0.25, -0.2) is 0 Å². The van der Waals surface area contributed by atoms with Gasteiger partial charge in [0.05, 0.1) is 18.9 Å². The average molecular weight is 392 g/mol. The van der Waals surface area contributed by atoms with Crippen LogP contribution >= 0.6 is 12.2 Å². The molecule has 1 heterocycles. The van der Waals surface area contributed by atoms with Gasteiger partial charge in [-0.2, -0.15) is 28.0 Å². The number of H-pyrrole nitrogens is 1. The number of nitrogens with zero attached hydrogens (tertiary/aromatic N) is 3. The number of alkyl halides is 3. The van der Waals surface area contributed by atoms with E-state index in [4.69, 9.17) is 17.0 Å². The molecule has 2 aromatic carbocycles. The van der Waals surface area contributed by atoms with E-state index >= 15 is 0 Å². The third kappa shape index (κ3) is 4.43. The largest absolute Gasteiger partial charge is 0.497 e. The lowest BCUT2D eigenvalue weighted by molar-refractivity contribution is -0.137. The number of halogens is 3. The van der Waals surface area contributed by atoms with Crippen LogP contribution in [0, 0.1) is 4.77 Å². The number of aromatic amines is 1. The van der Waals surface area contributed by atoms with Crippen molar-refractivity contribution in [3.8, 4) is 5.75 Å². The highest BCUT2D eigenvalue weighted by Gasteiger charge is 2.32. The monoisotopic (exact) mass is 392 g/mol. The number of aromatic nitrogens is 3. The fourth-order valence-electron chi connectivity index (χ4n) is 2.47. The van der Waals surface area contributed by atoms with Gasteiger partial charge in [0.15, 0.2) is 5.82 Å². The number of nitrogens with one attached hydrogen (secondary N) is 1. The molecule has 1 aromatic heterocycles. The fraction of sp³-hybridized carbons (Fsp3) is 0.167. The van der Waals surface area contributed by atoms with Gasteiger partial charge in [0.1, 0.15) is 5.75 Å². The molecule has 0 aliphatic rings. The molecule has 5 nitrogen and oxygen atoms in total. The Morgan fingerprint density at radius 1 is 1.19 bits per heavy atom. The maximum Gasteiger partial charge on any atom is 0.417 e. The molecule has 3 rings (SSSR count). The molecule has 0 saturated carbocycles. The summed E-state index contributed by atoms with van der Waals surface area (Å²) in [6.45, 7) is 0. The van der Waals surface area contributed by atoms with Gasteiger partial charge in [0.25, 0.3) is 0 Å². The second kappa shape index (κ2) is 7.75. The number of benzene rings is 2. The Bertz CT molecular complexity index is 1010. The molecule has 0 bridgehead atoms. The van der Waals surface area contributed by atoms with Gasteiger partial charge in [-0.1, -0.05) is 30.3 Å². The zero-order valence-corrected chi connectivity index (χ0v) is 15.0. The summed E-state index contributed by atoms with van der Waals surface area (Å²) in [6.07, 6.45) is -2.94. The van der Waals surface area contributed by atoms with Crippen molar-refractivity contribution in [1.29, 1.82) is 0 Å². The summed E-state index contributed by atoms with van der Waals surface area (Å²) in [4.78, 5) is 0. The zero-order chi connectivity index (χ0) is 19.4. The molecular weight excluding hydrogens is 377 g/mol. The standard InChI is InChI=1S/C18H15F3N4OS/c1-26-14-8-6-12(7-9-14)10-16-23-24-17(27)25(16)22-11-13-4-2-3-5-15(13)18(19,20)21/h2-9,11H,10H2,1H3,(H,24,27)/b22-11-. The molecule has 140 valence electrons. The number of methoxy groups -OCH3 is 1. The van der Waals surface area contributed by atoms with E-state index in [1.807, 2.05) is 24.3 Å². The van der Waals surface area contributed by atoms with Gasteiger partial charge in [-0.05, 0) is 36.0 Å². The highest BCUT2D eigenvalue weighted by Crippen LogP contribution is 2.31. The molecule has 0 spiro atoms. The summed E-state index contributed by atoms with van der Waals surface area (Å²) >= 11 is 5.14. The lowest BCUT2D eigenvalue weighted by atomic mass is 10.1. The van der Waals surface area contributed by atoms with Gasteiger partial charge < -0.3 is 4.74 Å². The Morgan fingerprint density at radius 3 is 2.56 bits per heavy atom. The van der Waals surface area contributed by atoms with Gasteiger partial charge in [-0.3, -0.25) is 5.10 Å². The van der Waals surface area contributed by atoms with Crippen LogP contribution in [0.25, 0.3) is 0 Å². The van der Waals surface area contributed by atoms with Crippen molar-refractivity contribution in [3.05, 3.63) is 75.8 Å². The smallest absolute Gasteiger partial charge is 0.417 e. The molecule has 27 heavy (non-hydrogen) atoms. The first-order valence-electron chi connectivity index (χ1n) is 7.88. The first-order valence-corrected chi connectivity index (χ1v) is 8.29. The Labute approximate surface area is 158 Å². The SMILES string of the molecule is COc1ccc(Cc2n[nH]c(=S)n2/N=C\c2ccccc2C(F)(F)F)cc1. The molecule has 0 saturated heterocycles. The topological polar surface area (TPSA) is 55.2 Å². The molecule has 0 unspecified atom stereocenters. The lowest BCUT2D eigenvalue weighted by Crippen LogP contribution is -2.09. The van der Waals surface area contributed by atoms with Crippen LogP contribution in [0.1, 0.15) is 22.5 Å². The highest BCUT2D eigenvalue weighted by molar-refractivity contribution is 7.71. The van der Waals surface area contributed by atoms with Crippen LogP contribution in [0.15, 0.2) is 53.6 Å². The van der Waals surface area contributed by atoms with Crippen LogP contribution in [0.5, 0.6) is 5.75 Å². The Hall–Kier alpha value is -2.94. The van der Waals surface area contributed by atoms with Crippen LogP contribution in [-0.4, -0.2) is 28.2 Å². The van der Waals surface area contributed by atoms with E-state index in [1.165, 1.54) is 22.9 Å². The highest BCUT2D eigenvalue weighted by atomic mass is 32.1. The predicted molar refractivity (Wildman–Crippen MR) is 97.6 cm³/mol. The molecule has 0 amide bonds. The molecular formula is C18H15F3N4OS. The minimum absolute atomic E-state index is 0.0523. The number of rotatable bonds is 5. The molecule has 9 heteroatoms. The Balaban J connectivity index is 1.89. The van der Waals surface area contributed by atoms with Gasteiger partial charge >= 0.3 is 6.18 Å². The Morgan fingerprint density at radius 2 is 1.89 bits per heavy atom. The van der Waals surface area contributed by atoms with Crippen LogP contribution < -0.4 is 4.74 Å². The molecule has 0 radical (unpaired) electrons. The number of hydrogen-bond acceptors (Lipinski definition) is 4. The first-order chi connectivity index (χ1) is 12.9. The molecule has 1 N–H and O–H groups in total. The van der Waals surface area contributed by atoms with E-state index in [0.29, 0.717) is 12.2 Å². The van der Waals surface area contributed by atoms with Crippen LogP contribution in [0.4, 0.5) is 13.2 Å². The molecule has 0 aliphatic heterocycles. The molecule has 3 aromatic rings. The third-order valence-corrected chi connectivity index (χ3v) is 4.08. The minimum Gasteiger partial charge on any atom is -0.497 e. The van der Waals surface area contributed by atoms with Crippen LogP contribution in [0.2, 0.25) is 0 Å². The summed E-state index contributed by atoms with van der Waals surface area (Å²) in [5.74, 6) is 1.20. The van der Waals surface area contributed by atoms with E-state index in [1.54, 1.807) is 7.11 Å². The minimum atomic E-state index is -4.47. The molecule has 0 atom stereocenters. The third-order valence-electron chi connectivity index (χ3n) is 3.82. The lowest BCUT2D eigenvalue weighted by Gasteiger charge is -2.09. The second-order valence-electron chi connectivity index (χ2n) is 5.61. The first kappa shape index (κ1) is 18.8. The van der Waals surface area contributed by atoms with Gasteiger partial charge in [0, 0.05) is 12.0 Å². The van der Waals surface area contributed by atoms with Crippen molar-refractivity contribution in [1.82, 2.24) is 14.9 Å². The van der Waals surface area contributed by atoms with Crippen molar-refractivity contribution < 1.29 is 17.9 Å². The Kier molecular flexibility index (Phi) is 5.41. The fourth-order valence-corrected chi connectivity index (χ4v) is 2.67. The van der Waals surface area contributed by atoms with E-state index in [2.05, 4.69) is 15.3 Å². The van der Waals surface area contributed by atoms with E-state index < -0.39 is 11.7 Å². The van der Waals surface area contributed by atoms with Crippen LogP contribution in [0.3, 0.4) is 0 Å². The number of ether oxygens (including phenoxy) is 1. The van der Waals surface area contributed by atoms with Crippen LogP contribution in [-0.2, 0) is 12.6 Å². The van der Waals surface area contributed by atoms with Crippen molar-refractivity contribution >= 4 is 18.4 Å². The second-order valence-corrected chi connectivity index (χ2v) is 6.00. The summed E-state index contributed by atoms with van der Waals surface area (Å²) in [7, 11) is 1.58. The summed E-state index contributed by atoms with van der Waals surface area (Å²) in [6, 6.07) is 12.6. The summed E-state index contributed by atoms with van der Waals surface area (Å²) in [5.41, 5.74) is 0.112. The molecule has 0 fully saturated rings. The maximum atomic E-state index is 13.1. The van der Waals surface area contributed by atoms with E-state index in [9.17, 15) is 13.2 Å². The average Bonchev–Trinajstić information content (AvgIpc) is 2.99. The van der Waals surface area contributed by atoms with Crippen molar-refractivity contribution in [3.63, 3.8) is 0 Å². The van der Waals surface area contributed by atoms with Gasteiger partial charge in [-0.15, -0.1) is 0 Å². The van der Waals surface area contributed by atoms with Gasteiger partial charge in [0.2, 0.25) is 4.77 Å². The van der Waals surface area contributed by atoms with Crippen molar-refractivity contribution in [2.45, 2.75) is 12.6 Å². The van der Waals surface area contributed by atoms with E-state index in [-0.39, 0.29) is 10.3 Å². The van der Waals surface area contributed by atoms with Crippen molar-refractivity contribution in [2.75, 3.05) is 7.11 Å². The molecule has 0 aliphatic carbocycles. The summed E-state index contributed by atoms with van der Waals surface area (Å²) in [5, 5.41) is 10.8. The number of hydrogen-bond donors (Lipinski definition) is 1. The normalized spacial score (nSPS) is 11.9. The zero-order valence-electron chi connectivity index (χ0n) is 14.2. The van der Waals surface area contributed by atoms with Crippen molar-refractivity contribution in [2.24, 2.45) is 5.10 Å². The predicted octanol–water partition coefficient (Wildman–Crippen LogP) is 4.44. The quantitative estimate of drug-likeness (QED) is 0.516. The van der Waals surface area contributed by atoms with E-state index in [0.717, 1.165) is 23.6 Å². The maximum absolute atomic E-state index is 13.1.